The van der Waals surface area contributed by atoms with Gasteiger partial charge in [-0.1, -0.05) is 12.8 Å². The van der Waals surface area contributed by atoms with E-state index in [0.29, 0.717) is 5.41 Å². The Morgan fingerprint density at radius 3 is 2.48 bits per heavy atom. The molecule has 1 saturated heterocycles. The Balaban J connectivity index is 1.85. The maximum Gasteiger partial charge on any atom is 0.244 e. The number of guanidine groups is 1. The third-order valence-corrected chi connectivity index (χ3v) is 5.45. The molecule has 25 heavy (non-hydrogen) atoms. The Kier molecular flexibility index (Phi) is 8.52. The lowest BCUT2D eigenvalue weighted by Crippen LogP contribution is -2.44. The second-order valence-corrected chi connectivity index (χ2v) is 7.29. The number of carbonyl (C=O) groups excluding carboxylic acids is 1. The molecule has 0 aromatic carbocycles. The van der Waals surface area contributed by atoms with Crippen LogP contribution in [0.2, 0.25) is 0 Å². The molecule has 0 atom stereocenters. The highest BCUT2D eigenvalue weighted by atomic mass is 16.5. The first kappa shape index (κ1) is 20.0. The highest BCUT2D eigenvalue weighted by Gasteiger charge is 2.33. The zero-order chi connectivity index (χ0) is 18.0. The number of nitrogens with one attached hydrogen (secondary N) is 2. The van der Waals surface area contributed by atoms with Gasteiger partial charge in [-0.3, -0.25) is 4.79 Å². The number of ether oxygens (including phenoxy) is 1. The fourth-order valence-electron chi connectivity index (χ4n) is 3.90. The normalized spacial score (nSPS) is 20.1. The summed E-state index contributed by atoms with van der Waals surface area (Å²) in [6, 6.07) is 0. The van der Waals surface area contributed by atoms with Gasteiger partial charge < -0.3 is 20.3 Å². The SMILES string of the molecule is CCNC(=NCC(=O)N1CCCC1)NCC1(CCOCC)CCCC1. The third kappa shape index (κ3) is 6.49. The minimum Gasteiger partial charge on any atom is -0.382 e. The number of hydrogen-bond donors (Lipinski definition) is 2. The topological polar surface area (TPSA) is 66.0 Å². The van der Waals surface area contributed by atoms with E-state index in [2.05, 4.69) is 22.5 Å². The zero-order valence-corrected chi connectivity index (χ0v) is 16.1. The number of amides is 1. The van der Waals surface area contributed by atoms with Gasteiger partial charge in [0.2, 0.25) is 5.91 Å². The molecule has 2 N–H and O–H groups in total. The molecule has 2 fully saturated rings. The molecule has 0 aromatic rings. The summed E-state index contributed by atoms with van der Waals surface area (Å²) in [5.74, 6) is 0.902. The lowest BCUT2D eigenvalue weighted by molar-refractivity contribution is -0.128. The van der Waals surface area contributed by atoms with Gasteiger partial charge >= 0.3 is 0 Å². The molecule has 1 amide bonds. The third-order valence-electron chi connectivity index (χ3n) is 5.45. The fourth-order valence-corrected chi connectivity index (χ4v) is 3.90. The van der Waals surface area contributed by atoms with Crippen LogP contribution in [0.3, 0.4) is 0 Å². The van der Waals surface area contributed by atoms with Crippen LogP contribution in [0.1, 0.15) is 58.8 Å². The molecule has 1 aliphatic carbocycles. The molecule has 1 saturated carbocycles. The first-order chi connectivity index (χ1) is 12.2. The number of aliphatic imine (C=N–C) groups is 1. The van der Waals surface area contributed by atoms with Crippen LogP contribution < -0.4 is 10.6 Å². The van der Waals surface area contributed by atoms with Gasteiger partial charge in [-0.15, -0.1) is 0 Å². The van der Waals surface area contributed by atoms with Crippen LogP contribution in [-0.4, -0.2) is 62.7 Å². The van der Waals surface area contributed by atoms with Crippen molar-refractivity contribution in [2.45, 2.75) is 58.8 Å². The number of nitrogens with zero attached hydrogens (tertiary/aromatic N) is 2. The smallest absolute Gasteiger partial charge is 0.244 e. The quantitative estimate of drug-likeness (QED) is 0.379. The summed E-state index contributed by atoms with van der Waals surface area (Å²) in [5, 5.41) is 6.76. The monoisotopic (exact) mass is 352 g/mol. The number of carbonyl (C=O) groups is 1. The molecule has 1 aliphatic heterocycles. The van der Waals surface area contributed by atoms with Crippen molar-refractivity contribution < 1.29 is 9.53 Å². The summed E-state index contributed by atoms with van der Waals surface area (Å²) in [6.45, 7) is 9.44. The summed E-state index contributed by atoms with van der Waals surface area (Å²) in [5.41, 5.74) is 0.310. The van der Waals surface area contributed by atoms with Gasteiger partial charge in [0.25, 0.3) is 0 Å². The number of hydrogen-bond acceptors (Lipinski definition) is 3. The van der Waals surface area contributed by atoms with Crippen LogP contribution in [0.25, 0.3) is 0 Å². The summed E-state index contributed by atoms with van der Waals surface area (Å²) in [6.07, 6.45) is 8.44. The summed E-state index contributed by atoms with van der Waals surface area (Å²) in [7, 11) is 0. The van der Waals surface area contributed by atoms with Crippen molar-refractivity contribution in [2.75, 3.05) is 45.9 Å². The summed E-state index contributed by atoms with van der Waals surface area (Å²) in [4.78, 5) is 18.6. The van der Waals surface area contributed by atoms with Crippen molar-refractivity contribution in [3.8, 4) is 0 Å². The molecule has 0 unspecified atom stereocenters. The van der Waals surface area contributed by atoms with Crippen molar-refractivity contribution >= 4 is 11.9 Å². The molecular weight excluding hydrogens is 316 g/mol. The highest BCUT2D eigenvalue weighted by molar-refractivity contribution is 5.85. The van der Waals surface area contributed by atoms with E-state index in [1.54, 1.807) is 0 Å². The van der Waals surface area contributed by atoms with E-state index in [1.807, 2.05) is 11.8 Å². The van der Waals surface area contributed by atoms with E-state index in [0.717, 1.165) is 64.6 Å². The lowest BCUT2D eigenvalue weighted by Gasteiger charge is -2.30. The molecule has 6 nitrogen and oxygen atoms in total. The van der Waals surface area contributed by atoms with E-state index < -0.39 is 0 Å². The number of rotatable bonds is 9. The maximum atomic E-state index is 12.2. The van der Waals surface area contributed by atoms with Crippen molar-refractivity contribution in [1.82, 2.24) is 15.5 Å². The van der Waals surface area contributed by atoms with Crippen LogP contribution in [0.4, 0.5) is 0 Å². The zero-order valence-electron chi connectivity index (χ0n) is 16.1. The Morgan fingerprint density at radius 2 is 1.84 bits per heavy atom. The molecule has 6 heteroatoms. The second-order valence-electron chi connectivity index (χ2n) is 7.29. The highest BCUT2D eigenvalue weighted by Crippen LogP contribution is 2.40. The van der Waals surface area contributed by atoms with Gasteiger partial charge in [-0.2, -0.15) is 0 Å². The standard InChI is InChI=1S/C19H36N4O2/c1-3-20-18(21-15-17(24)23-12-7-8-13-23)22-16-19(9-5-6-10-19)11-14-25-4-2/h3-16H2,1-2H3,(H2,20,21,22). The Labute approximate surface area is 152 Å². The van der Waals surface area contributed by atoms with Gasteiger partial charge in [-0.05, 0) is 51.4 Å². The molecule has 0 bridgehead atoms. The number of likely N-dealkylation sites (tertiary alicyclic amines) is 1. The van der Waals surface area contributed by atoms with Crippen LogP contribution in [-0.2, 0) is 9.53 Å². The van der Waals surface area contributed by atoms with Crippen molar-refractivity contribution in [3.63, 3.8) is 0 Å². The Hall–Kier alpha value is -1.30. The van der Waals surface area contributed by atoms with Gasteiger partial charge in [0.15, 0.2) is 5.96 Å². The largest absolute Gasteiger partial charge is 0.382 e. The van der Waals surface area contributed by atoms with E-state index in [1.165, 1.54) is 25.7 Å². The van der Waals surface area contributed by atoms with Crippen molar-refractivity contribution in [2.24, 2.45) is 10.4 Å². The molecule has 2 rings (SSSR count). The maximum absolute atomic E-state index is 12.2. The molecule has 0 radical (unpaired) electrons. The van der Waals surface area contributed by atoms with Crippen LogP contribution in [0.15, 0.2) is 4.99 Å². The van der Waals surface area contributed by atoms with E-state index >= 15 is 0 Å². The molecular formula is C19H36N4O2. The fraction of sp³-hybridized carbons (Fsp3) is 0.895. The first-order valence-electron chi connectivity index (χ1n) is 10.1. The first-order valence-corrected chi connectivity index (χ1v) is 10.1. The van der Waals surface area contributed by atoms with E-state index in [-0.39, 0.29) is 12.5 Å². The van der Waals surface area contributed by atoms with Gasteiger partial charge in [0.1, 0.15) is 6.54 Å². The Bertz CT molecular complexity index is 427. The van der Waals surface area contributed by atoms with Crippen LogP contribution in [0, 0.1) is 5.41 Å². The predicted molar refractivity (Wildman–Crippen MR) is 102 cm³/mol. The lowest BCUT2D eigenvalue weighted by atomic mass is 9.83. The summed E-state index contributed by atoms with van der Waals surface area (Å²) >= 11 is 0. The average molecular weight is 353 g/mol. The molecule has 144 valence electrons. The van der Waals surface area contributed by atoms with Crippen LogP contribution in [0.5, 0.6) is 0 Å². The minimum atomic E-state index is 0.140. The van der Waals surface area contributed by atoms with E-state index in [9.17, 15) is 4.79 Å². The molecule has 2 aliphatic rings. The van der Waals surface area contributed by atoms with Gasteiger partial charge in [0.05, 0.1) is 0 Å². The second kappa shape index (κ2) is 10.6. The molecule has 1 heterocycles. The van der Waals surface area contributed by atoms with Crippen LogP contribution >= 0.6 is 0 Å². The van der Waals surface area contributed by atoms with Gasteiger partial charge in [-0.25, -0.2) is 4.99 Å². The Morgan fingerprint density at radius 1 is 1.12 bits per heavy atom. The molecule has 0 aromatic heterocycles. The van der Waals surface area contributed by atoms with E-state index in [4.69, 9.17) is 4.74 Å². The minimum absolute atomic E-state index is 0.140. The molecule has 0 spiro atoms. The average Bonchev–Trinajstić information content (AvgIpc) is 3.30. The predicted octanol–water partition coefficient (Wildman–Crippen LogP) is 2.15. The van der Waals surface area contributed by atoms with Crippen molar-refractivity contribution in [1.29, 1.82) is 0 Å². The van der Waals surface area contributed by atoms with Crippen molar-refractivity contribution in [3.05, 3.63) is 0 Å². The van der Waals surface area contributed by atoms with Gasteiger partial charge in [0, 0.05) is 39.4 Å². The summed E-state index contributed by atoms with van der Waals surface area (Å²) < 4.78 is 5.59.